The molecule has 0 radical (unpaired) electrons. The second-order valence-corrected chi connectivity index (χ2v) is 6.08. The van der Waals surface area contributed by atoms with Crippen LogP contribution in [-0.2, 0) is 4.79 Å². The second-order valence-electron chi connectivity index (χ2n) is 6.08. The van der Waals surface area contributed by atoms with E-state index in [4.69, 9.17) is 4.74 Å². The maximum atomic E-state index is 14.3. The third kappa shape index (κ3) is 3.58. The molecule has 0 aromatic heterocycles. The van der Waals surface area contributed by atoms with Crippen molar-refractivity contribution >= 4 is 5.91 Å². The molecule has 1 aliphatic rings. The molecule has 2 unspecified atom stereocenters. The van der Waals surface area contributed by atoms with Crippen LogP contribution in [0.15, 0.2) is 12.1 Å². The Morgan fingerprint density at radius 3 is 2.86 bits per heavy atom. The van der Waals surface area contributed by atoms with E-state index in [0.29, 0.717) is 30.6 Å². The lowest BCUT2D eigenvalue weighted by molar-refractivity contribution is -0.124. The van der Waals surface area contributed by atoms with Crippen molar-refractivity contribution in [2.45, 2.75) is 52.2 Å². The fraction of sp³-hybridized carbons (Fsp3) is 0.588. The summed E-state index contributed by atoms with van der Waals surface area (Å²) in [4.78, 5) is 11.9. The topological polar surface area (TPSA) is 58.6 Å². The molecule has 5 heteroatoms. The number of benzene rings is 1. The first-order valence-corrected chi connectivity index (χ1v) is 7.88. The molecule has 122 valence electrons. The Morgan fingerprint density at radius 2 is 2.23 bits per heavy atom. The van der Waals surface area contributed by atoms with Crippen LogP contribution < -0.4 is 10.1 Å². The van der Waals surface area contributed by atoms with E-state index in [1.165, 1.54) is 6.07 Å². The first kappa shape index (κ1) is 16.7. The molecule has 1 aliphatic heterocycles. The average Bonchev–Trinajstić information content (AvgIpc) is 2.48. The number of halogens is 1. The second kappa shape index (κ2) is 7.09. The smallest absolute Gasteiger partial charge is 0.223 e. The SMILES string of the molecule is CCCC(O)c1cc(F)c2c(c1)C(NC(=O)C(C)C)CCO2. The highest BCUT2D eigenvalue weighted by Crippen LogP contribution is 2.37. The maximum Gasteiger partial charge on any atom is 0.223 e. The van der Waals surface area contributed by atoms with Crippen LogP contribution in [-0.4, -0.2) is 17.6 Å². The van der Waals surface area contributed by atoms with Crippen LogP contribution in [0.3, 0.4) is 0 Å². The van der Waals surface area contributed by atoms with Gasteiger partial charge in [-0.15, -0.1) is 0 Å². The Balaban J connectivity index is 2.33. The molecule has 0 saturated carbocycles. The van der Waals surface area contributed by atoms with Gasteiger partial charge in [0.2, 0.25) is 5.91 Å². The van der Waals surface area contributed by atoms with Crippen LogP contribution >= 0.6 is 0 Å². The zero-order valence-corrected chi connectivity index (χ0v) is 13.4. The van der Waals surface area contributed by atoms with Gasteiger partial charge in [-0.25, -0.2) is 4.39 Å². The van der Waals surface area contributed by atoms with Crippen LogP contribution in [0.4, 0.5) is 4.39 Å². The minimum Gasteiger partial charge on any atom is -0.490 e. The van der Waals surface area contributed by atoms with Crippen molar-refractivity contribution in [3.8, 4) is 5.75 Å². The van der Waals surface area contributed by atoms with Crippen LogP contribution in [0.25, 0.3) is 0 Å². The summed E-state index contributed by atoms with van der Waals surface area (Å²) in [5, 5.41) is 13.0. The number of amides is 1. The minimum absolute atomic E-state index is 0.0715. The van der Waals surface area contributed by atoms with Crippen molar-refractivity contribution in [1.29, 1.82) is 0 Å². The molecule has 4 nitrogen and oxygen atoms in total. The lowest BCUT2D eigenvalue weighted by atomic mass is 9.94. The lowest BCUT2D eigenvalue weighted by Gasteiger charge is -2.28. The Hall–Kier alpha value is -1.62. The fourth-order valence-electron chi connectivity index (χ4n) is 2.60. The van der Waals surface area contributed by atoms with Crippen LogP contribution in [0.1, 0.15) is 63.3 Å². The largest absolute Gasteiger partial charge is 0.490 e. The van der Waals surface area contributed by atoms with Gasteiger partial charge in [0.15, 0.2) is 11.6 Å². The Morgan fingerprint density at radius 1 is 1.50 bits per heavy atom. The zero-order valence-electron chi connectivity index (χ0n) is 13.4. The molecule has 2 N–H and O–H groups in total. The highest BCUT2D eigenvalue weighted by Gasteiger charge is 2.27. The normalized spacial score (nSPS) is 18.5. The Kier molecular flexibility index (Phi) is 5.40. The average molecular weight is 309 g/mol. The maximum absolute atomic E-state index is 14.3. The molecule has 1 aromatic carbocycles. The van der Waals surface area contributed by atoms with E-state index in [2.05, 4.69) is 5.32 Å². The first-order valence-electron chi connectivity index (χ1n) is 7.88. The number of hydrogen-bond acceptors (Lipinski definition) is 3. The van der Waals surface area contributed by atoms with E-state index in [-0.39, 0.29) is 23.6 Å². The summed E-state index contributed by atoms with van der Waals surface area (Å²) >= 11 is 0. The molecule has 0 saturated heterocycles. The van der Waals surface area contributed by atoms with Crippen molar-refractivity contribution in [3.05, 3.63) is 29.1 Å². The summed E-state index contributed by atoms with van der Waals surface area (Å²) < 4.78 is 19.7. The van der Waals surface area contributed by atoms with Gasteiger partial charge < -0.3 is 15.2 Å². The highest BCUT2D eigenvalue weighted by molar-refractivity contribution is 5.78. The number of hydrogen-bond donors (Lipinski definition) is 2. The molecule has 0 bridgehead atoms. The fourth-order valence-corrected chi connectivity index (χ4v) is 2.60. The predicted octanol–water partition coefficient (Wildman–Crippen LogP) is 3.26. The number of aliphatic hydroxyl groups is 1. The van der Waals surface area contributed by atoms with Gasteiger partial charge in [0.25, 0.3) is 0 Å². The molecule has 1 amide bonds. The van der Waals surface area contributed by atoms with Gasteiger partial charge in [-0.3, -0.25) is 4.79 Å². The van der Waals surface area contributed by atoms with E-state index in [1.54, 1.807) is 6.07 Å². The quantitative estimate of drug-likeness (QED) is 0.878. The van der Waals surface area contributed by atoms with Crippen molar-refractivity contribution in [2.75, 3.05) is 6.61 Å². The van der Waals surface area contributed by atoms with Gasteiger partial charge in [0.1, 0.15) is 0 Å². The molecule has 22 heavy (non-hydrogen) atoms. The number of nitrogens with one attached hydrogen (secondary N) is 1. The van der Waals surface area contributed by atoms with Crippen LogP contribution in [0.2, 0.25) is 0 Å². The number of carbonyl (C=O) groups excluding carboxylic acids is 1. The summed E-state index contributed by atoms with van der Waals surface area (Å²) in [5.74, 6) is -0.498. The van der Waals surface area contributed by atoms with E-state index in [0.717, 1.165) is 6.42 Å². The standard InChI is InChI=1S/C17H24FNO3/c1-4-5-15(20)11-8-12-14(19-17(21)10(2)3)6-7-22-16(12)13(18)9-11/h8-10,14-15,20H,4-7H2,1-3H3,(H,19,21). The molecule has 2 atom stereocenters. The van der Waals surface area contributed by atoms with Crippen molar-refractivity contribution < 1.29 is 19.0 Å². The van der Waals surface area contributed by atoms with Crippen molar-refractivity contribution in [3.63, 3.8) is 0 Å². The van der Waals surface area contributed by atoms with E-state index < -0.39 is 11.9 Å². The van der Waals surface area contributed by atoms with Gasteiger partial charge in [-0.2, -0.15) is 0 Å². The predicted molar refractivity (Wildman–Crippen MR) is 82.1 cm³/mol. The number of rotatable bonds is 5. The van der Waals surface area contributed by atoms with E-state index in [1.807, 2.05) is 20.8 Å². The molecular formula is C17H24FNO3. The summed E-state index contributed by atoms with van der Waals surface area (Å²) in [6.07, 6.45) is 1.28. The monoisotopic (exact) mass is 309 g/mol. The zero-order chi connectivity index (χ0) is 16.3. The van der Waals surface area contributed by atoms with Crippen molar-refractivity contribution in [1.82, 2.24) is 5.32 Å². The Labute approximate surface area is 130 Å². The third-order valence-electron chi connectivity index (χ3n) is 3.91. The Bertz CT molecular complexity index is 545. The number of ether oxygens (including phenoxy) is 1. The van der Waals surface area contributed by atoms with Gasteiger partial charge >= 0.3 is 0 Å². The molecule has 0 spiro atoms. The van der Waals surface area contributed by atoms with Gasteiger partial charge in [-0.1, -0.05) is 27.2 Å². The molecule has 0 fully saturated rings. The molecule has 1 heterocycles. The number of aliphatic hydroxyl groups excluding tert-OH is 1. The summed E-state index contributed by atoms with van der Waals surface area (Å²) in [7, 11) is 0. The molecular weight excluding hydrogens is 285 g/mol. The third-order valence-corrected chi connectivity index (χ3v) is 3.91. The summed E-state index contributed by atoms with van der Waals surface area (Å²) in [5.41, 5.74) is 1.15. The van der Waals surface area contributed by atoms with E-state index in [9.17, 15) is 14.3 Å². The molecule has 0 aliphatic carbocycles. The van der Waals surface area contributed by atoms with Crippen LogP contribution in [0.5, 0.6) is 5.75 Å². The van der Waals surface area contributed by atoms with Gasteiger partial charge in [0.05, 0.1) is 18.8 Å². The number of fused-ring (bicyclic) bond motifs is 1. The number of carbonyl (C=O) groups is 1. The molecule has 1 aromatic rings. The summed E-state index contributed by atoms with van der Waals surface area (Å²) in [6.45, 7) is 5.96. The summed E-state index contributed by atoms with van der Waals surface area (Å²) in [6, 6.07) is 2.80. The molecule has 2 rings (SSSR count). The van der Waals surface area contributed by atoms with Crippen molar-refractivity contribution in [2.24, 2.45) is 5.92 Å². The first-order chi connectivity index (χ1) is 10.4. The van der Waals surface area contributed by atoms with Gasteiger partial charge in [0, 0.05) is 17.9 Å². The lowest BCUT2D eigenvalue weighted by Crippen LogP contribution is -2.35. The van der Waals surface area contributed by atoms with Gasteiger partial charge in [-0.05, 0) is 24.1 Å². The van der Waals surface area contributed by atoms with E-state index >= 15 is 0 Å². The highest BCUT2D eigenvalue weighted by atomic mass is 19.1. The van der Waals surface area contributed by atoms with Crippen LogP contribution in [0, 0.1) is 11.7 Å². The minimum atomic E-state index is -0.701.